The largest absolute Gasteiger partial charge is 0.340 e. The molecule has 0 aliphatic carbocycles. The molecule has 82 valence electrons. The van der Waals surface area contributed by atoms with Gasteiger partial charge < -0.3 is 5.32 Å². The number of benzene rings is 1. The van der Waals surface area contributed by atoms with Crippen LogP contribution in [0.5, 0.6) is 0 Å². The predicted octanol–water partition coefficient (Wildman–Crippen LogP) is 3.94. The number of anilines is 2. The molecule has 3 nitrogen and oxygen atoms in total. The molecular weight excluding hydrogens is 289 g/mol. The second-order valence-electron chi connectivity index (χ2n) is 3.35. The van der Waals surface area contributed by atoms with Crippen molar-refractivity contribution in [1.82, 2.24) is 9.97 Å². The lowest BCUT2D eigenvalue weighted by Crippen LogP contribution is -1.95. The van der Waals surface area contributed by atoms with Crippen molar-refractivity contribution in [3.63, 3.8) is 0 Å². The molecular formula is C11H9BrClN3. The normalized spacial score (nSPS) is 10.2. The Balaban J connectivity index is 2.27. The van der Waals surface area contributed by atoms with E-state index in [0.717, 1.165) is 15.7 Å². The van der Waals surface area contributed by atoms with Crippen LogP contribution in [0.3, 0.4) is 0 Å². The maximum Gasteiger partial charge on any atom is 0.224 e. The molecule has 16 heavy (non-hydrogen) atoms. The van der Waals surface area contributed by atoms with Crippen LogP contribution in [0.15, 0.2) is 34.9 Å². The monoisotopic (exact) mass is 297 g/mol. The minimum atomic E-state index is 0.233. The minimum Gasteiger partial charge on any atom is -0.340 e. The van der Waals surface area contributed by atoms with Gasteiger partial charge in [-0.3, -0.25) is 0 Å². The van der Waals surface area contributed by atoms with Gasteiger partial charge in [-0.1, -0.05) is 15.9 Å². The average Bonchev–Trinajstić information content (AvgIpc) is 2.15. The van der Waals surface area contributed by atoms with Crippen LogP contribution in [0.4, 0.5) is 11.5 Å². The molecule has 0 saturated heterocycles. The van der Waals surface area contributed by atoms with Gasteiger partial charge in [0.05, 0.1) is 0 Å². The minimum absolute atomic E-state index is 0.233. The highest BCUT2D eigenvalue weighted by molar-refractivity contribution is 9.10. The number of halogens is 2. The van der Waals surface area contributed by atoms with Gasteiger partial charge in [0.2, 0.25) is 5.28 Å². The molecule has 1 heterocycles. The number of nitrogens with zero attached hydrogens (tertiary/aromatic N) is 2. The second kappa shape index (κ2) is 4.80. The van der Waals surface area contributed by atoms with Crippen LogP contribution >= 0.6 is 27.5 Å². The van der Waals surface area contributed by atoms with Crippen molar-refractivity contribution in [2.24, 2.45) is 0 Å². The lowest BCUT2D eigenvalue weighted by molar-refractivity contribution is 1.17. The van der Waals surface area contributed by atoms with Crippen LogP contribution in [-0.4, -0.2) is 9.97 Å². The van der Waals surface area contributed by atoms with E-state index >= 15 is 0 Å². The average molecular weight is 299 g/mol. The summed E-state index contributed by atoms with van der Waals surface area (Å²) in [5, 5.41) is 3.39. The van der Waals surface area contributed by atoms with Gasteiger partial charge in [0, 0.05) is 16.4 Å². The van der Waals surface area contributed by atoms with Gasteiger partial charge in [0.25, 0.3) is 0 Å². The molecule has 0 spiro atoms. The SMILES string of the molecule is Cc1cc(Br)cc(Nc2ccnc(Cl)n2)c1. The fourth-order valence-electron chi connectivity index (χ4n) is 1.36. The fourth-order valence-corrected chi connectivity index (χ4v) is 2.12. The predicted molar refractivity (Wildman–Crippen MR) is 69.2 cm³/mol. The third-order valence-electron chi connectivity index (χ3n) is 1.94. The molecule has 0 aliphatic heterocycles. The zero-order valence-electron chi connectivity index (χ0n) is 8.54. The first-order chi connectivity index (χ1) is 7.63. The third-order valence-corrected chi connectivity index (χ3v) is 2.58. The van der Waals surface area contributed by atoms with Gasteiger partial charge in [-0.25, -0.2) is 9.97 Å². The van der Waals surface area contributed by atoms with Crippen LogP contribution in [0.1, 0.15) is 5.56 Å². The van der Waals surface area contributed by atoms with Crippen molar-refractivity contribution in [3.05, 3.63) is 45.8 Å². The number of nitrogens with one attached hydrogen (secondary N) is 1. The van der Waals surface area contributed by atoms with Crippen LogP contribution in [0.2, 0.25) is 5.28 Å². The first kappa shape index (κ1) is 11.4. The van der Waals surface area contributed by atoms with E-state index in [9.17, 15) is 0 Å². The highest BCUT2D eigenvalue weighted by Crippen LogP contribution is 2.21. The Morgan fingerprint density at radius 1 is 1.31 bits per heavy atom. The molecule has 0 atom stereocenters. The lowest BCUT2D eigenvalue weighted by Gasteiger charge is -2.07. The zero-order chi connectivity index (χ0) is 11.5. The Kier molecular flexibility index (Phi) is 3.41. The summed E-state index contributed by atoms with van der Waals surface area (Å²) in [6.07, 6.45) is 1.61. The summed E-state index contributed by atoms with van der Waals surface area (Å²) >= 11 is 9.14. The summed E-state index contributed by atoms with van der Waals surface area (Å²) in [7, 11) is 0. The smallest absolute Gasteiger partial charge is 0.224 e. The van der Waals surface area contributed by atoms with E-state index in [2.05, 4.69) is 31.2 Å². The number of hydrogen-bond acceptors (Lipinski definition) is 3. The molecule has 0 saturated carbocycles. The molecule has 0 radical (unpaired) electrons. The van der Waals surface area contributed by atoms with Gasteiger partial charge in [-0.05, 0) is 48.4 Å². The van der Waals surface area contributed by atoms with E-state index in [4.69, 9.17) is 11.6 Å². The van der Waals surface area contributed by atoms with E-state index in [1.54, 1.807) is 12.3 Å². The van der Waals surface area contributed by atoms with Crippen LogP contribution < -0.4 is 5.32 Å². The quantitative estimate of drug-likeness (QED) is 0.853. The Morgan fingerprint density at radius 3 is 2.81 bits per heavy atom. The van der Waals surface area contributed by atoms with Gasteiger partial charge in [0.1, 0.15) is 5.82 Å². The Bertz CT molecular complexity index is 496. The van der Waals surface area contributed by atoms with E-state index in [1.165, 1.54) is 0 Å². The van der Waals surface area contributed by atoms with Gasteiger partial charge in [-0.15, -0.1) is 0 Å². The first-order valence-electron chi connectivity index (χ1n) is 4.66. The van der Waals surface area contributed by atoms with Crippen LogP contribution in [0, 0.1) is 6.92 Å². The zero-order valence-corrected chi connectivity index (χ0v) is 10.9. The Morgan fingerprint density at radius 2 is 2.12 bits per heavy atom. The van der Waals surface area contributed by atoms with Crippen LogP contribution in [-0.2, 0) is 0 Å². The lowest BCUT2D eigenvalue weighted by atomic mass is 10.2. The molecule has 1 aromatic heterocycles. The van der Waals surface area contributed by atoms with Gasteiger partial charge in [0.15, 0.2) is 0 Å². The molecule has 1 aromatic carbocycles. The van der Waals surface area contributed by atoms with Crippen molar-refractivity contribution in [1.29, 1.82) is 0 Å². The highest BCUT2D eigenvalue weighted by Gasteiger charge is 1.99. The topological polar surface area (TPSA) is 37.8 Å². The molecule has 0 aliphatic rings. The standard InChI is InChI=1S/C11H9BrClN3/c1-7-4-8(12)6-9(5-7)15-10-2-3-14-11(13)16-10/h2-6H,1H3,(H,14,15,16). The molecule has 2 aromatic rings. The van der Waals surface area contributed by atoms with Crippen molar-refractivity contribution >= 4 is 39.0 Å². The number of rotatable bonds is 2. The summed E-state index contributed by atoms with van der Waals surface area (Å²) in [4.78, 5) is 7.88. The molecule has 1 N–H and O–H groups in total. The number of hydrogen-bond donors (Lipinski definition) is 1. The summed E-state index contributed by atoms with van der Waals surface area (Å²) in [6, 6.07) is 7.81. The van der Waals surface area contributed by atoms with Gasteiger partial charge >= 0.3 is 0 Å². The molecule has 0 amide bonds. The molecule has 0 fully saturated rings. The Hall–Kier alpha value is -1.13. The van der Waals surface area contributed by atoms with Crippen molar-refractivity contribution < 1.29 is 0 Å². The Labute approximate surface area is 107 Å². The first-order valence-corrected chi connectivity index (χ1v) is 5.83. The molecule has 0 bridgehead atoms. The highest BCUT2D eigenvalue weighted by atomic mass is 79.9. The maximum atomic E-state index is 5.70. The molecule has 2 rings (SSSR count). The van der Waals surface area contributed by atoms with Crippen molar-refractivity contribution in [2.75, 3.05) is 5.32 Å². The van der Waals surface area contributed by atoms with Crippen molar-refractivity contribution in [3.8, 4) is 0 Å². The van der Waals surface area contributed by atoms with Crippen molar-refractivity contribution in [2.45, 2.75) is 6.92 Å². The number of aromatic nitrogens is 2. The van der Waals surface area contributed by atoms with Crippen LogP contribution in [0.25, 0.3) is 0 Å². The fraction of sp³-hybridized carbons (Fsp3) is 0.0909. The molecule has 0 unspecified atom stereocenters. The number of aryl methyl sites for hydroxylation is 1. The van der Waals surface area contributed by atoms with E-state index in [0.29, 0.717) is 5.82 Å². The molecule has 5 heteroatoms. The summed E-state index contributed by atoms with van der Waals surface area (Å²) in [5.74, 6) is 0.678. The van der Waals surface area contributed by atoms with E-state index < -0.39 is 0 Å². The summed E-state index contributed by atoms with van der Waals surface area (Å²) in [5.41, 5.74) is 2.12. The summed E-state index contributed by atoms with van der Waals surface area (Å²) in [6.45, 7) is 2.03. The van der Waals surface area contributed by atoms with E-state index in [1.807, 2.05) is 25.1 Å². The third kappa shape index (κ3) is 2.93. The summed E-state index contributed by atoms with van der Waals surface area (Å²) < 4.78 is 1.02. The maximum absolute atomic E-state index is 5.70. The van der Waals surface area contributed by atoms with E-state index in [-0.39, 0.29) is 5.28 Å². The second-order valence-corrected chi connectivity index (χ2v) is 4.61. The van der Waals surface area contributed by atoms with Gasteiger partial charge in [-0.2, -0.15) is 0 Å².